The lowest BCUT2D eigenvalue weighted by molar-refractivity contribution is 0.524. The Balaban J connectivity index is 1.50. The van der Waals surface area contributed by atoms with Crippen molar-refractivity contribution in [2.75, 3.05) is 23.3 Å². The number of nitriles is 1. The number of piperidine rings is 1. The Bertz CT molecular complexity index is 908. The predicted octanol–water partition coefficient (Wildman–Crippen LogP) is 3.58. The van der Waals surface area contributed by atoms with E-state index in [0.717, 1.165) is 48.3 Å². The molecular weight excluding hydrogens is 310 g/mol. The zero-order chi connectivity index (χ0) is 17.1. The van der Waals surface area contributed by atoms with E-state index < -0.39 is 0 Å². The van der Waals surface area contributed by atoms with Crippen LogP contribution in [-0.2, 0) is 0 Å². The summed E-state index contributed by atoms with van der Waals surface area (Å²) in [5, 5.41) is 13.9. The quantitative estimate of drug-likeness (QED) is 0.795. The van der Waals surface area contributed by atoms with Gasteiger partial charge in [-0.3, -0.25) is 0 Å². The normalized spacial score (nSPS) is 15.1. The van der Waals surface area contributed by atoms with E-state index in [4.69, 9.17) is 0 Å². The van der Waals surface area contributed by atoms with E-state index in [9.17, 15) is 5.26 Å². The fourth-order valence-electron chi connectivity index (χ4n) is 3.37. The second-order valence-corrected chi connectivity index (χ2v) is 6.28. The molecule has 25 heavy (non-hydrogen) atoms. The predicted molar refractivity (Wildman–Crippen MR) is 99.6 cm³/mol. The molecule has 1 aliphatic rings. The van der Waals surface area contributed by atoms with E-state index in [1.807, 2.05) is 42.6 Å². The number of aromatic nitrogens is 2. The summed E-state index contributed by atoms with van der Waals surface area (Å²) in [7, 11) is 0. The molecule has 124 valence electrons. The van der Waals surface area contributed by atoms with Gasteiger partial charge in [0.15, 0.2) is 0 Å². The average Bonchev–Trinajstić information content (AvgIpc) is 2.69. The molecule has 0 saturated carbocycles. The van der Waals surface area contributed by atoms with Crippen LogP contribution in [0.15, 0.2) is 54.7 Å². The van der Waals surface area contributed by atoms with Crippen molar-refractivity contribution in [3.05, 3.63) is 60.4 Å². The number of anilines is 2. The molecule has 1 aromatic carbocycles. The summed E-state index contributed by atoms with van der Waals surface area (Å²) in [6, 6.07) is 18.4. The number of fused-ring (bicyclic) bond motifs is 1. The SMILES string of the molecule is N#Cc1cc(NC2CCN(c3ccccn3)CC2)c2ccccc2n1. The van der Waals surface area contributed by atoms with Gasteiger partial charge in [0, 0.05) is 36.4 Å². The maximum Gasteiger partial charge on any atom is 0.143 e. The van der Waals surface area contributed by atoms with Crippen molar-refractivity contribution in [1.29, 1.82) is 5.26 Å². The number of nitrogens with one attached hydrogen (secondary N) is 1. The molecule has 0 bridgehead atoms. The van der Waals surface area contributed by atoms with Gasteiger partial charge in [-0.15, -0.1) is 0 Å². The maximum atomic E-state index is 9.23. The second-order valence-electron chi connectivity index (χ2n) is 6.28. The first-order chi connectivity index (χ1) is 12.3. The summed E-state index contributed by atoms with van der Waals surface area (Å²) < 4.78 is 0. The largest absolute Gasteiger partial charge is 0.382 e. The smallest absolute Gasteiger partial charge is 0.143 e. The van der Waals surface area contributed by atoms with Crippen molar-refractivity contribution < 1.29 is 0 Å². The Labute approximate surface area is 146 Å². The van der Waals surface area contributed by atoms with Crippen LogP contribution in [0, 0.1) is 11.3 Å². The van der Waals surface area contributed by atoms with Crippen molar-refractivity contribution >= 4 is 22.4 Å². The lowest BCUT2D eigenvalue weighted by atomic mass is 10.0. The molecule has 1 aliphatic heterocycles. The minimum Gasteiger partial charge on any atom is -0.382 e. The molecule has 4 rings (SSSR count). The second kappa shape index (κ2) is 6.78. The Hall–Kier alpha value is -3.13. The van der Waals surface area contributed by atoms with E-state index in [0.29, 0.717) is 11.7 Å². The summed E-state index contributed by atoms with van der Waals surface area (Å²) >= 11 is 0. The van der Waals surface area contributed by atoms with Gasteiger partial charge in [-0.1, -0.05) is 24.3 Å². The lowest BCUT2D eigenvalue weighted by Crippen LogP contribution is -2.39. The Morgan fingerprint density at radius 3 is 2.64 bits per heavy atom. The van der Waals surface area contributed by atoms with Gasteiger partial charge < -0.3 is 10.2 Å². The van der Waals surface area contributed by atoms with Crippen LogP contribution in [0.5, 0.6) is 0 Å². The summed E-state index contributed by atoms with van der Waals surface area (Å²) in [4.78, 5) is 11.1. The maximum absolute atomic E-state index is 9.23. The van der Waals surface area contributed by atoms with Gasteiger partial charge in [0.2, 0.25) is 0 Å². The van der Waals surface area contributed by atoms with Gasteiger partial charge >= 0.3 is 0 Å². The molecule has 0 unspecified atom stereocenters. The van der Waals surface area contributed by atoms with Gasteiger partial charge in [-0.05, 0) is 37.1 Å². The van der Waals surface area contributed by atoms with Crippen molar-refractivity contribution in [1.82, 2.24) is 9.97 Å². The molecule has 3 aromatic rings. The summed E-state index contributed by atoms with van der Waals surface area (Å²) in [5.41, 5.74) is 2.31. The average molecular weight is 329 g/mol. The zero-order valence-corrected chi connectivity index (χ0v) is 13.9. The zero-order valence-electron chi connectivity index (χ0n) is 13.9. The number of para-hydroxylation sites is 1. The fraction of sp³-hybridized carbons (Fsp3) is 0.250. The third-order valence-electron chi connectivity index (χ3n) is 4.66. The van der Waals surface area contributed by atoms with Crippen LogP contribution in [-0.4, -0.2) is 29.1 Å². The molecule has 0 radical (unpaired) electrons. The molecule has 1 N–H and O–H groups in total. The monoisotopic (exact) mass is 329 g/mol. The van der Waals surface area contributed by atoms with Crippen LogP contribution >= 0.6 is 0 Å². The minimum atomic E-state index is 0.386. The number of rotatable bonds is 3. The minimum absolute atomic E-state index is 0.386. The van der Waals surface area contributed by atoms with E-state index in [2.05, 4.69) is 38.4 Å². The van der Waals surface area contributed by atoms with Crippen molar-refractivity contribution in [2.24, 2.45) is 0 Å². The van der Waals surface area contributed by atoms with Crippen LogP contribution in [0.2, 0.25) is 0 Å². The number of hydrogen-bond acceptors (Lipinski definition) is 5. The summed E-state index contributed by atoms with van der Waals surface area (Å²) in [5.74, 6) is 1.04. The third kappa shape index (κ3) is 3.24. The molecule has 3 heterocycles. The first-order valence-electron chi connectivity index (χ1n) is 8.56. The van der Waals surface area contributed by atoms with Crippen LogP contribution < -0.4 is 10.2 Å². The molecule has 1 fully saturated rings. The number of pyridine rings is 2. The molecule has 0 atom stereocenters. The highest BCUT2D eigenvalue weighted by molar-refractivity contribution is 5.91. The van der Waals surface area contributed by atoms with Crippen LogP contribution in [0.3, 0.4) is 0 Å². The van der Waals surface area contributed by atoms with Gasteiger partial charge in [-0.25, -0.2) is 9.97 Å². The van der Waals surface area contributed by atoms with Crippen LogP contribution in [0.25, 0.3) is 10.9 Å². The summed E-state index contributed by atoms with van der Waals surface area (Å²) in [6.45, 7) is 1.95. The van der Waals surface area contributed by atoms with Gasteiger partial charge in [0.05, 0.1) is 5.52 Å². The molecular formula is C20H19N5. The first kappa shape index (κ1) is 15.4. The molecule has 0 aliphatic carbocycles. The van der Waals surface area contributed by atoms with Gasteiger partial charge in [0.25, 0.3) is 0 Å². The van der Waals surface area contributed by atoms with Crippen LogP contribution in [0.4, 0.5) is 11.5 Å². The van der Waals surface area contributed by atoms with Crippen molar-refractivity contribution in [2.45, 2.75) is 18.9 Å². The van der Waals surface area contributed by atoms with E-state index in [1.54, 1.807) is 0 Å². The van der Waals surface area contributed by atoms with Crippen LogP contribution in [0.1, 0.15) is 18.5 Å². The Morgan fingerprint density at radius 1 is 1.08 bits per heavy atom. The molecule has 0 amide bonds. The highest BCUT2D eigenvalue weighted by Gasteiger charge is 2.20. The Morgan fingerprint density at radius 2 is 1.88 bits per heavy atom. The van der Waals surface area contributed by atoms with Gasteiger partial charge in [0.1, 0.15) is 17.6 Å². The molecule has 2 aromatic heterocycles. The molecule has 0 spiro atoms. The third-order valence-corrected chi connectivity index (χ3v) is 4.66. The first-order valence-corrected chi connectivity index (χ1v) is 8.56. The Kier molecular flexibility index (Phi) is 4.17. The molecule has 5 heteroatoms. The highest BCUT2D eigenvalue weighted by Crippen LogP contribution is 2.26. The molecule has 5 nitrogen and oxygen atoms in total. The lowest BCUT2D eigenvalue weighted by Gasteiger charge is -2.33. The van der Waals surface area contributed by atoms with E-state index >= 15 is 0 Å². The fourth-order valence-corrected chi connectivity index (χ4v) is 3.37. The van der Waals surface area contributed by atoms with Gasteiger partial charge in [-0.2, -0.15) is 5.26 Å². The summed E-state index contributed by atoms with van der Waals surface area (Å²) in [6.07, 6.45) is 3.91. The standard InChI is InChI=1S/C20H19N5/c21-14-16-13-19(17-5-1-2-6-18(17)24-16)23-15-8-11-25(12-9-15)20-7-3-4-10-22-20/h1-7,10,13,15H,8-9,11-12H2,(H,23,24). The number of benzene rings is 1. The van der Waals surface area contributed by atoms with Crippen molar-refractivity contribution in [3.63, 3.8) is 0 Å². The topological polar surface area (TPSA) is 64.8 Å². The number of nitrogens with zero attached hydrogens (tertiary/aromatic N) is 4. The highest BCUT2D eigenvalue weighted by atomic mass is 15.2. The van der Waals surface area contributed by atoms with E-state index in [-0.39, 0.29) is 0 Å². The van der Waals surface area contributed by atoms with E-state index in [1.165, 1.54) is 0 Å². The van der Waals surface area contributed by atoms with Crippen molar-refractivity contribution in [3.8, 4) is 6.07 Å². The number of hydrogen-bond donors (Lipinski definition) is 1. The molecule has 1 saturated heterocycles.